The van der Waals surface area contributed by atoms with Crippen molar-refractivity contribution in [3.05, 3.63) is 33.2 Å². The molecule has 0 radical (unpaired) electrons. The van der Waals surface area contributed by atoms with E-state index in [9.17, 15) is 4.79 Å². The SMILES string of the molecule is O=C(NC[C@]12COC[C@H]1CN(Cc1nccs1)C2)c1cscn1. The number of rotatable bonds is 5. The van der Waals surface area contributed by atoms with E-state index in [4.69, 9.17) is 4.74 Å². The second-order valence-electron chi connectivity index (χ2n) is 6.23. The van der Waals surface area contributed by atoms with Gasteiger partial charge in [0.2, 0.25) is 0 Å². The highest BCUT2D eigenvalue weighted by atomic mass is 32.1. The molecule has 0 aliphatic carbocycles. The molecule has 0 spiro atoms. The van der Waals surface area contributed by atoms with E-state index in [1.54, 1.807) is 22.2 Å². The van der Waals surface area contributed by atoms with Gasteiger partial charge in [-0.3, -0.25) is 9.69 Å². The molecular weight excluding hydrogens is 332 g/mol. The van der Waals surface area contributed by atoms with Crippen LogP contribution in [0.25, 0.3) is 0 Å². The Bertz CT molecular complexity index is 661. The van der Waals surface area contributed by atoms with Gasteiger partial charge < -0.3 is 10.1 Å². The lowest BCUT2D eigenvalue weighted by atomic mass is 9.81. The zero-order valence-electron chi connectivity index (χ0n) is 12.6. The summed E-state index contributed by atoms with van der Waals surface area (Å²) in [5, 5.41) is 7.99. The minimum atomic E-state index is -0.0929. The molecule has 23 heavy (non-hydrogen) atoms. The number of aromatic nitrogens is 2. The van der Waals surface area contributed by atoms with E-state index < -0.39 is 0 Å². The maximum atomic E-state index is 12.2. The number of carbonyl (C=O) groups excluding carboxylic acids is 1. The molecule has 2 fully saturated rings. The van der Waals surface area contributed by atoms with Gasteiger partial charge in [0.15, 0.2) is 0 Å². The molecule has 4 heterocycles. The van der Waals surface area contributed by atoms with E-state index in [-0.39, 0.29) is 11.3 Å². The number of amides is 1. The van der Waals surface area contributed by atoms with Crippen molar-refractivity contribution in [1.82, 2.24) is 20.2 Å². The number of nitrogens with one attached hydrogen (secondary N) is 1. The molecular formula is C15H18N4O2S2. The van der Waals surface area contributed by atoms with Gasteiger partial charge in [0.25, 0.3) is 5.91 Å². The first kappa shape index (κ1) is 15.2. The van der Waals surface area contributed by atoms with Gasteiger partial charge >= 0.3 is 0 Å². The van der Waals surface area contributed by atoms with Gasteiger partial charge in [-0.05, 0) is 0 Å². The monoisotopic (exact) mass is 350 g/mol. The smallest absolute Gasteiger partial charge is 0.270 e. The fourth-order valence-corrected chi connectivity index (χ4v) is 4.70. The van der Waals surface area contributed by atoms with E-state index in [1.165, 1.54) is 11.3 Å². The molecule has 1 N–H and O–H groups in total. The molecule has 122 valence electrons. The first-order chi connectivity index (χ1) is 11.3. The fraction of sp³-hybridized carbons (Fsp3) is 0.533. The summed E-state index contributed by atoms with van der Waals surface area (Å²) in [5.74, 6) is 0.378. The quantitative estimate of drug-likeness (QED) is 0.885. The van der Waals surface area contributed by atoms with Gasteiger partial charge in [0.05, 0.1) is 25.3 Å². The third kappa shape index (κ3) is 3.03. The number of fused-ring (bicyclic) bond motifs is 1. The zero-order chi connectivity index (χ0) is 15.7. The van der Waals surface area contributed by atoms with E-state index in [2.05, 4.69) is 20.2 Å². The highest BCUT2D eigenvalue weighted by Gasteiger charge is 2.50. The Morgan fingerprint density at radius 1 is 1.52 bits per heavy atom. The van der Waals surface area contributed by atoms with Crippen LogP contribution in [0.15, 0.2) is 22.5 Å². The summed E-state index contributed by atoms with van der Waals surface area (Å²) in [6, 6.07) is 0. The van der Waals surface area contributed by atoms with Crippen LogP contribution in [-0.4, -0.2) is 53.6 Å². The summed E-state index contributed by atoms with van der Waals surface area (Å²) in [6.45, 7) is 4.96. The van der Waals surface area contributed by atoms with Crippen LogP contribution in [0.4, 0.5) is 0 Å². The standard InChI is InChI=1S/C15H18N4O2S2/c20-14(12-6-22-10-18-12)17-7-15-8-19(3-11(15)5-21-9-15)4-13-16-1-2-23-13/h1-2,6,10-11H,3-5,7-9H2,(H,17,20)/t11-,15+/m1/s1. The molecule has 0 bridgehead atoms. The van der Waals surface area contributed by atoms with Gasteiger partial charge in [-0.15, -0.1) is 22.7 Å². The van der Waals surface area contributed by atoms with E-state index in [1.807, 2.05) is 11.6 Å². The predicted octanol–water partition coefficient (Wildman–Crippen LogP) is 1.48. The summed E-state index contributed by atoms with van der Waals surface area (Å²) in [4.78, 5) is 23.0. The van der Waals surface area contributed by atoms with E-state index in [0.29, 0.717) is 24.8 Å². The van der Waals surface area contributed by atoms with Crippen LogP contribution in [0, 0.1) is 11.3 Å². The Morgan fingerprint density at radius 3 is 3.26 bits per heavy atom. The van der Waals surface area contributed by atoms with Crippen molar-refractivity contribution in [1.29, 1.82) is 0 Å². The lowest BCUT2D eigenvalue weighted by Crippen LogP contribution is -2.43. The number of hydrogen-bond donors (Lipinski definition) is 1. The highest BCUT2D eigenvalue weighted by molar-refractivity contribution is 7.09. The fourth-order valence-electron chi connectivity index (χ4n) is 3.51. The van der Waals surface area contributed by atoms with Gasteiger partial charge in [-0.1, -0.05) is 0 Å². The van der Waals surface area contributed by atoms with Crippen molar-refractivity contribution in [3.63, 3.8) is 0 Å². The van der Waals surface area contributed by atoms with Gasteiger partial charge in [-0.25, -0.2) is 9.97 Å². The maximum Gasteiger partial charge on any atom is 0.270 e. The molecule has 6 nitrogen and oxygen atoms in total. The first-order valence-corrected chi connectivity index (χ1v) is 9.42. The van der Waals surface area contributed by atoms with Crippen LogP contribution in [-0.2, 0) is 11.3 Å². The lowest BCUT2D eigenvalue weighted by molar-refractivity contribution is 0.0900. The van der Waals surface area contributed by atoms with Crippen molar-refractivity contribution in [3.8, 4) is 0 Å². The van der Waals surface area contributed by atoms with Gasteiger partial charge in [-0.2, -0.15) is 0 Å². The van der Waals surface area contributed by atoms with E-state index >= 15 is 0 Å². The van der Waals surface area contributed by atoms with Crippen molar-refractivity contribution in [2.75, 3.05) is 32.8 Å². The molecule has 0 aromatic carbocycles. The van der Waals surface area contributed by atoms with Crippen molar-refractivity contribution >= 4 is 28.6 Å². The van der Waals surface area contributed by atoms with Crippen molar-refractivity contribution in [2.24, 2.45) is 11.3 Å². The van der Waals surface area contributed by atoms with Gasteiger partial charge in [0, 0.05) is 47.9 Å². The molecule has 0 unspecified atom stereocenters. The molecule has 4 rings (SSSR count). The van der Waals surface area contributed by atoms with Gasteiger partial charge in [0.1, 0.15) is 10.7 Å². The van der Waals surface area contributed by atoms with Crippen LogP contribution in [0.2, 0.25) is 0 Å². The minimum Gasteiger partial charge on any atom is -0.380 e. The number of hydrogen-bond acceptors (Lipinski definition) is 7. The minimum absolute atomic E-state index is 0.0168. The van der Waals surface area contributed by atoms with Crippen LogP contribution in [0.3, 0.4) is 0 Å². The van der Waals surface area contributed by atoms with Crippen LogP contribution in [0.1, 0.15) is 15.5 Å². The second-order valence-corrected chi connectivity index (χ2v) is 7.92. The van der Waals surface area contributed by atoms with Crippen molar-refractivity contribution in [2.45, 2.75) is 6.54 Å². The lowest BCUT2D eigenvalue weighted by Gasteiger charge is -2.27. The van der Waals surface area contributed by atoms with E-state index in [0.717, 1.165) is 31.2 Å². The Labute approximate surface area is 142 Å². The number of likely N-dealkylation sites (tertiary alicyclic amines) is 1. The zero-order valence-corrected chi connectivity index (χ0v) is 14.2. The Morgan fingerprint density at radius 2 is 2.48 bits per heavy atom. The summed E-state index contributed by atoms with van der Waals surface area (Å²) >= 11 is 3.13. The summed E-state index contributed by atoms with van der Waals surface area (Å²) in [5.41, 5.74) is 2.20. The summed E-state index contributed by atoms with van der Waals surface area (Å²) < 4.78 is 5.72. The van der Waals surface area contributed by atoms with Crippen LogP contribution >= 0.6 is 22.7 Å². The molecule has 8 heteroatoms. The molecule has 2 aliphatic heterocycles. The molecule has 2 aromatic heterocycles. The molecule has 0 saturated carbocycles. The van der Waals surface area contributed by atoms with Crippen LogP contribution in [0.5, 0.6) is 0 Å². The maximum absolute atomic E-state index is 12.2. The average molecular weight is 350 g/mol. The molecule has 2 aliphatic rings. The van der Waals surface area contributed by atoms with Crippen LogP contribution < -0.4 is 5.32 Å². The third-order valence-electron chi connectivity index (χ3n) is 4.70. The number of ether oxygens (including phenoxy) is 1. The third-order valence-corrected chi connectivity index (χ3v) is 6.05. The highest BCUT2D eigenvalue weighted by Crippen LogP contribution is 2.41. The number of thiazole rings is 2. The first-order valence-electron chi connectivity index (χ1n) is 7.60. The molecule has 2 atom stereocenters. The van der Waals surface area contributed by atoms with Crippen molar-refractivity contribution < 1.29 is 9.53 Å². The Kier molecular flexibility index (Phi) is 4.14. The number of nitrogens with zero attached hydrogens (tertiary/aromatic N) is 3. The molecule has 2 saturated heterocycles. The normalized spacial score (nSPS) is 27.2. The molecule has 2 aromatic rings. The second kappa shape index (κ2) is 6.27. The molecule has 1 amide bonds. The largest absolute Gasteiger partial charge is 0.380 e. The number of carbonyl (C=O) groups is 1. The summed E-state index contributed by atoms with van der Waals surface area (Å²) in [7, 11) is 0. The predicted molar refractivity (Wildman–Crippen MR) is 88.6 cm³/mol. The topological polar surface area (TPSA) is 67.3 Å². The Balaban J connectivity index is 1.40. The Hall–Kier alpha value is -1.35. The summed E-state index contributed by atoms with van der Waals surface area (Å²) in [6.07, 6.45) is 1.85. The average Bonchev–Trinajstić information content (AvgIpc) is 3.29.